The zero-order valence-corrected chi connectivity index (χ0v) is 16.4. The van der Waals surface area contributed by atoms with Crippen LogP contribution < -0.4 is 5.32 Å². The first-order valence-electron chi connectivity index (χ1n) is 9.54. The topological polar surface area (TPSA) is 105 Å². The van der Waals surface area contributed by atoms with Crippen molar-refractivity contribution < 1.29 is 27.0 Å². The van der Waals surface area contributed by atoms with Crippen LogP contribution in [0.4, 0.5) is 0 Å². The summed E-state index contributed by atoms with van der Waals surface area (Å²) >= 11 is 0. The monoisotopic (exact) mass is 383 g/mol. The summed E-state index contributed by atoms with van der Waals surface area (Å²) in [4.78, 5) is 0. The number of rotatable bonds is 19. The van der Waals surface area contributed by atoms with Crippen molar-refractivity contribution in [3.05, 3.63) is 0 Å². The molecule has 152 valence electrons. The van der Waals surface area contributed by atoms with Crippen LogP contribution in [0, 0.1) is 0 Å². The third-order valence-corrected chi connectivity index (χ3v) is 4.38. The Bertz CT molecular complexity index is 377. The van der Waals surface area contributed by atoms with Crippen molar-refractivity contribution >= 4 is 10.4 Å². The molecule has 7 nitrogen and oxygen atoms in total. The molecule has 25 heavy (non-hydrogen) atoms. The standard InChI is InChI=1S/C17H37NO6S/c1-2-3-4-5-6-7-8-9-10-11-14-23-16-17(15-18-12-13-19)24-25(20,21)22/h17-19H,2-16H2,1H3,(H,20,21,22). The van der Waals surface area contributed by atoms with E-state index < -0.39 is 16.5 Å². The lowest BCUT2D eigenvalue weighted by atomic mass is 10.1. The summed E-state index contributed by atoms with van der Waals surface area (Å²) in [6, 6.07) is 0. The van der Waals surface area contributed by atoms with E-state index in [9.17, 15) is 8.42 Å². The van der Waals surface area contributed by atoms with Crippen molar-refractivity contribution in [3.63, 3.8) is 0 Å². The molecule has 1 unspecified atom stereocenters. The van der Waals surface area contributed by atoms with E-state index in [1.807, 2.05) is 0 Å². The molecule has 3 N–H and O–H groups in total. The second-order valence-corrected chi connectivity index (χ2v) is 7.38. The normalized spacial score (nSPS) is 13.2. The van der Waals surface area contributed by atoms with Gasteiger partial charge in [-0.15, -0.1) is 0 Å². The molecule has 0 bridgehead atoms. The highest BCUT2D eigenvalue weighted by Crippen LogP contribution is 2.10. The minimum absolute atomic E-state index is 0.0575. The second kappa shape index (κ2) is 17.2. The molecule has 0 aliphatic rings. The van der Waals surface area contributed by atoms with Crippen LogP contribution in [0.3, 0.4) is 0 Å². The molecule has 0 aromatic rings. The number of ether oxygens (including phenoxy) is 1. The molecule has 0 spiro atoms. The molecule has 0 heterocycles. The molecular weight excluding hydrogens is 346 g/mol. The van der Waals surface area contributed by atoms with Gasteiger partial charge in [0.1, 0.15) is 6.10 Å². The smallest absolute Gasteiger partial charge is 0.395 e. The summed E-state index contributed by atoms with van der Waals surface area (Å²) in [6.07, 6.45) is 11.6. The summed E-state index contributed by atoms with van der Waals surface area (Å²) in [5, 5.41) is 11.5. The summed E-state index contributed by atoms with van der Waals surface area (Å²) in [5.74, 6) is 0. The molecule has 8 heteroatoms. The van der Waals surface area contributed by atoms with Crippen molar-refractivity contribution in [2.45, 2.75) is 77.2 Å². The van der Waals surface area contributed by atoms with E-state index in [-0.39, 0.29) is 19.8 Å². The summed E-state index contributed by atoms with van der Waals surface area (Å²) in [5.41, 5.74) is 0. The van der Waals surface area contributed by atoms with Gasteiger partial charge >= 0.3 is 10.4 Å². The first-order chi connectivity index (χ1) is 12.0. The molecule has 1 atom stereocenters. The van der Waals surface area contributed by atoms with Crippen LogP contribution in [-0.2, 0) is 19.3 Å². The molecule has 0 saturated carbocycles. The molecule has 0 aromatic heterocycles. The van der Waals surface area contributed by atoms with Crippen molar-refractivity contribution in [3.8, 4) is 0 Å². The van der Waals surface area contributed by atoms with Crippen LogP contribution in [0.15, 0.2) is 0 Å². The Morgan fingerprint density at radius 2 is 1.52 bits per heavy atom. The second-order valence-electron chi connectivity index (χ2n) is 6.33. The summed E-state index contributed by atoms with van der Waals surface area (Å²) < 4.78 is 40.3. The van der Waals surface area contributed by atoms with E-state index in [1.54, 1.807) is 0 Å². The van der Waals surface area contributed by atoms with Crippen molar-refractivity contribution in [2.75, 3.05) is 32.9 Å². The summed E-state index contributed by atoms with van der Waals surface area (Å²) in [7, 11) is -4.51. The van der Waals surface area contributed by atoms with Gasteiger partial charge in [0, 0.05) is 19.7 Å². The Balaban J connectivity index is 3.57. The lowest BCUT2D eigenvalue weighted by Crippen LogP contribution is -2.35. The van der Waals surface area contributed by atoms with E-state index in [4.69, 9.17) is 14.4 Å². The molecule has 0 aliphatic carbocycles. The van der Waals surface area contributed by atoms with E-state index in [0.29, 0.717) is 13.2 Å². The molecule has 0 radical (unpaired) electrons. The van der Waals surface area contributed by atoms with E-state index in [2.05, 4.69) is 16.4 Å². The largest absolute Gasteiger partial charge is 0.397 e. The maximum atomic E-state index is 10.8. The van der Waals surface area contributed by atoms with Gasteiger partial charge in [-0.2, -0.15) is 8.42 Å². The molecule has 0 rings (SSSR count). The van der Waals surface area contributed by atoms with Crippen LogP contribution in [-0.4, -0.2) is 57.1 Å². The Morgan fingerprint density at radius 3 is 2.04 bits per heavy atom. The molecule has 0 fully saturated rings. The van der Waals surface area contributed by atoms with Gasteiger partial charge in [0.2, 0.25) is 0 Å². The Hall–Kier alpha value is -0.250. The van der Waals surface area contributed by atoms with Gasteiger partial charge in [0.25, 0.3) is 0 Å². The lowest BCUT2D eigenvalue weighted by molar-refractivity contribution is 0.0451. The van der Waals surface area contributed by atoms with Crippen LogP contribution in [0.2, 0.25) is 0 Å². The maximum Gasteiger partial charge on any atom is 0.397 e. The number of nitrogens with one attached hydrogen (secondary N) is 1. The summed E-state index contributed by atoms with van der Waals surface area (Å²) in [6.45, 7) is 3.29. The van der Waals surface area contributed by atoms with Gasteiger partial charge in [0.15, 0.2) is 0 Å². The highest BCUT2D eigenvalue weighted by atomic mass is 32.3. The Morgan fingerprint density at radius 1 is 0.960 bits per heavy atom. The van der Waals surface area contributed by atoms with Crippen LogP contribution in [0.25, 0.3) is 0 Å². The third-order valence-electron chi connectivity index (χ3n) is 3.86. The van der Waals surface area contributed by atoms with Gasteiger partial charge in [0.05, 0.1) is 13.2 Å². The van der Waals surface area contributed by atoms with E-state index in [0.717, 1.165) is 12.8 Å². The fraction of sp³-hybridized carbons (Fsp3) is 1.00. The van der Waals surface area contributed by atoms with Crippen molar-refractivity contribution in [2.24, 2.45) is 0 Å². The SMILES string of the molecule is CCCCCCCCCCCCOCC(CNCCO)OS(=O)(=O)O. The minimum Gasteiger partial charge on any atom is -0.395 e. The first-order valence-corrected chi connectivity index (χ1v) is 10.9. The van der Waals surface area contributed by atoms with E-state index in [1.165, 1.54) is 51.4 Å². The highest BCUT2D eigenvalue weighted by molar-refractivity contribution is 7.80. The minimum atomic E-state index is -4.51. The fourth-order valence-corrected chi connectivity index (χ4v) is 3.01. The predicted molar refractivity (Wildman–Crippen MR) is 99.0 cm³/mol. The zero-order chi connectivity index (χ0) is 18.8. The third kappa shape index (κ3) is 19.9. The molecule has 0 aromatic carbocycles. The highest BCUT2D eigenvalue weighted by Gasteiger charge is 2.17. The average Bonchev–Trinajstić information content (AvgIpc) is 2.54. The lowest BCUT2D eigenvalue weighted by Gasteiger charge is -2.16. The van der Waals surface area contributed by atoms with Crippen LogP contribution >= 0.6 is 0 Å². The van der Waals surface area contributed by atoms with Gasteiger partial charge in [-0.25, -0.2) is 4.18 Å². The maximum absolute atomic E-state index is 10.8. The van der Waals surface area contributed by atoms with Crippen molar-refractivity contribution in [1.29, 1.82) is 0 Å². The van der Waals surface area contributed by atoms with Gasteiger partial charge in [-0.05, 0) is 6.42 Å². The fourth-order valence-electron chi connectivity index (χ4n) is 2.54. The molecular formula is C17H37NO6S. The quantitative estimate of drug-likeness (QED) is 0.233. The Kier molecular flexibility index (Phi) is 17.0. The van der Waals surface area contributed by atoms with Gasteiger partial charge in [-0.3, -0.25) is 4.55 Å². The molecule has 0 aliphatic heterocycles. The molecule has 0 saturated heterocycles. The number of hydrogen-bond acceptors (Lipinski definition) is 6. The van der Waals surface area contributed by atoms with Crippen molar-refractivity contribution in [1.82, 2.24) is 5.32 Å². The number of aliphatic hydroxyl groups excluding tert-OH is 1. The predicted octanol–water partition coefficient (Wildman–Crippen LogP) is 2.69. The number of aliphatic hydroxyl groups is 1. The van der Waals surface area contributed by atoms with E-state index >= 15 is 0 Å². The van der Waals surface area contributed by atoms with Crippen LogP contribution in [0.5, 0.6) is 0 Å². The average molecular weight is 384 g/mol. The number of hydrogen-bond donors (Lipinski definition) is 3. The first kappa shape index (κ1) is 24.8. The van der Waals surface area contributed by atoms with Crippen LogP contribution in [0.1, 0.15) is 71.1 Å². The van der Waals surface area contributed by atoms with Gasteiger partial charge in [-0.1, -0.05) is 64.7 Å². The van der Waals surface area contributed by atoms with Gasteiger partial charge < -0.3 is 15.2 Å². The zero-order valence-electron chi connectivity index (χ0n) is 15.6. The molecule has 0 amide bonds. The Labute approximate surface area is 153 Å². The number of unbranched alkanes of at least 4 members (excludes halogenated alkanes) is 9.